The molecule has 2 aliphatic rings. The average molecular weight is 304 g/mol. The third kappa shape index (κ3) is 2.96. The van der Waals surface area contributed by atoms with E-state index in [9.17, 15) is 0 Å². The zero-order valence-electron chi connectivity index (χ0n) is 14.5. The van der Waals surface area contributed by atoms with Crippen LogP contribution in [-0.4, -0.2) is 0 Å². The van der Waals surface area contributed by atoms with Crippen LogP contribution in [0.25, 0.3) is 11.1 Å². The Hall–Kier alpha value is -1.56. The first-order valence-electron chi connectivity index (χ1n) is 9.36. The minimum Gasteiger partial charge on any atom is -0.0622 e. The van der Waals surface area contributed by atoms with Crippen molar-refractivity contribution in [3.05, 3.63) is 59.7 Å². The van der Waals surface area contributed by atoms with E-state index in [1.54, 1.807) is 0 Å². The molecule has 23 heavy (non-hydrogen) atoms. The molecule has 2 fully saturated rings. The van der Waals surface area contributed by atoms with Gasteiger partial charge >= 0.3 is 0 Å². The van der Waals surface area contributed by atoms with Gasteiger partial charge in [-0.05, 0) is 73.0 Å². The van der Waals surface area contributed by atoms with Crippen molar-refractivity contribution in [3.63, 3.8) is 0 Å². The molecule has 0 spiro atoms. The molecule has 0 aromatic heterocycles. The van der Waals surface area contributed by atoms with Crippen LogP contribution in [0.2, 0.25) is 0 Å². The Kier molecular flexibility index (Phi) is 4.01. The van der Waals surface area contributed by atoms with Gasteiger partial charge in [0.15, 0.2) is 0 Å². The Morgan fingerprint density at radius 3 is 2.04 bits per heavy atom. The molecule has 4 unspecified atom stereocenters. The van der Waals surface area contributed by atoms with Crippen molar-refractivity contribution in [3.8, 4) is 11.1 Å². The maximum Gasteiger partial charge on any atom is -0.0184 e. The Labute approximate surface area is 140 Å². The van der Waals surface area contributed by atoms with Crippen molar-refractivity contribution in [1.82, 2.24) is 0 Å². The van der Waals surface area contributed by atoms with Crippen LogP contribution in [0.15, 0.2) is 48.5 Å². The number of rotatable bonds is 3. The maximum absolute atomic E-state index is 2.48. The lowest BCUT2D eigenvalue weighted by atomic mass is 9.86. The summed E-state index contributed by atoms with van der Waals surface area (Å²) in [7, 11) is 0. The molecule has 2 aromatic carbocycles. The molecule has 0 N–H and O–H groups in total. The summed E-state index contributed by atoms with van der Waals surface area (Å²) in [5.41, 5.74) is 5.53. The Morgan fingerprint density at radius 2 is 1.35 bits per heavy atom. The molecule has 2 aliphatic carbocycles. The summed E-state index contributed by atoms with van der Waals surface area (Å²) in [6.07, 6.45) is 7.19. The predicted molar refractivity (Wildman–Crippen MR) is 98.4 cm³/mol. The molecule has 120 valence electrons. The third-order valence-electron chi connectivity index (χ3n) is 6.55. The van der Waals surface area contributed by atoms with Crippen molar-refractivity contribution in [2.45, 2.75) is 46.0 Å². The van der Waals surface area contributed by atoms with Crippen LogP contribution < -0.4 is 0 Å². The van der Waals surface area contributed by atoms with Gasteiger partial charge in [0.05, 0.1) is 0 Å². The van der Waals surface area contributed by atoms with Crippen LogP contribution in [-0.2, 0) is 6.42 Å². The topological polar surface area (TPSA) is 0 Å². The highest BCUT2D eigenvalue weighted by atomic mass is 14.5. The van der Waals surface area contributed by atoms with Crippen LogP contribution in [0.4, 0.5) is 0 Å². The second kappa shape index (κ2) is 6.15. The maximum atomic E-state index is 2.48. The standard InChI is InChI=1S/C23H28/c1-16-3-8-19(9-4-16)20-10-6-18(7-11-20)15-21-12-14-22-17(2)5-13-23(21)22/h3-4,6-11,17,21-23H,5,12-15H2,1-2H3. The highest BCUT2D eigenvalue weighted by molar-refractivity contribution is 5.63. The molecular weight excluding hydrogens is 276 g/mol. The molecule has 0 saturated heterocycles. The fraction of sp³-hybridized carbons (Fsp3) is 0.478. The second-order valence-corrected chi connectivity index (χ2v) is 7.99. The van der Waals surface area contributed by atoms with Crippen molar-refractivity contribution >= 4 is 0 Å². The van der Waals surface area contributed by atoms with E-state index in [1.807, 2.05) is 0 Å². The van der Waals surface area contributed by atoms with E-state index in [1.165, 1.54) is 54.4 Å². The van der Waals surface area contributed by atoms with Gasteiger partial charge in [-0.15, -0.1) is 0 Å². The molecule has 2 aromatic rings. The Morgan fingerprint density at radius 1 is 0.739 bits per heavy atom. The Bertz CT molecular complexity index is 649. The van der Waals surface area contributed by atoms with Gasteiger partial charge in [0, 0.05) is 0 Å². The minimum atomic E-state index is 0.940. The van der Waals surface area contributed by atoms with Crippen molar-refractivity contribution < 1.29 is 0 Å². The largest absolute Gasteiger partial charge is 0.0622 e. The smallest absolute Gasteiger partial charge is 0.0184 e. The third-order valence-corrected chi connectivity index (χ3v) is 6.55. The van der Waals surface area contributed by atoms with E-state index < -0.39 is 0 Å². The molecule has 0 nitrogen and oxygen atoms in total. The fourth-order valence-electron chi connectivity index (χ4n) is 5.15. The zero-order valence-corrected chi connectivity index (χ0v) is 14.5. The number of hydrogen-bond donors (Lipinski definition) is 0. The van der Waals surface area contributed by atoms with E-state index in [0.29, 0.717) is 0 Å². The van der Waals surface area contributed by atoms with Crippen LogP contribution >= 0.6 is 0 Å². The number of fused-ring (bicyclic) bond motifs is 1. The normalized spacial score (nSPS) is 29.7. The van der Waals surface area contributed by atoms with Gasteiger partial charge in [-0.3, -0.25) is 0 Å². The second-order valence-electron chi connectivity index (χ2n) is 7.99. The monoisotopic (exact) mass is 304 g/mol. The molecule has 0 heterocycles. The van der Waals surface area contributed by atoms with Gasteiger partial charge in [0.25, 0.3) is 0 Å². The first-order chi connectivity index (χ1) is 11.2. The molecule has 0 radical (unpaired) electrons. The van der Waals surface area contributed by atoms with E-state index in [-0.39, 0.29) is 0 Å². The summed E-state index contributed by atoms with van der Waals surface area (Å²) < 4.78 is 0. The van der Waals surface area contributed by atoms with Crippen LogP contribution in [0.3, 0.4) is 0 Å². The molecule has 0 heteroatoms. The average Bonchev–Trinajstić information content (AvgIpc) is 3.13. The lowest BCUT2D eigenvalue weighted by molar-refractivity contribution is 0.324. The zero-order chi connectivity index (χ0) is 15.8. The van der Waals surface area contributed by atoms with Crippen LogP contribution in [0, 0.1) is 30.6 Å². The van der Waals surface area contributed by atoms with Gasteiger partial charge in [0.1, 0.15) is 0 Å². The molecule has 4 rings (SSSR count). The van der Waals surface area contributed by atoms with E-state index >= 15 is 0 Å². The van der Waals surface area contributed by atoms with Gasteiger partial charge in [-0.2, -0.15) is 0 Å². The van der Waals surface area contributed by atoms with E-state index in [2.05, 4.69) is 62.4 Å². The predicted octanol–water partition coefficient (Wildman–Crippen LogP) is 6.28. The first-order valence-corrected chi connectivity index (χ1v) is 9.36. The molecular formula is C23H28. The summed E-state index contributed by atoms with van der Waals surface area (Å²) in [6.45, 7) is 4.62. The van der Waals surface area contributed by atoms with Crippen molar-refractivity contribution in [2.24, 2.45) is 23.7 Å². The number of benzene rings is 2. The molecule has 0 bridgehead atoms. The summed E-state index contributed by atoms with van der Waals surface area (Å²) in [4.78, 5) is 0. The highest BCUT2D eigenvalue weighted by Gasteiger charge is 2.42. The molecule has 4 atom stereocenters. The number of hydrogen-bond acceptors (Lipinski definition) is 0. The van der Waals surface area contributed by atoms with E-state index in [4.69, 9.17) is 0 Å². The summed E-state index contributed by atoms with van der Waals surface area (Å²) in [5, 5.41) is 0. The highest BCUT2D eigenvalue weighted by Crippen LogP contribution is 2.51. The molecule has 2 saturated carbocycles. The first kappa shape index (κ1) is 15.0. The van der Waals surface area contributed by atoms with Crippen molar-refractivity contribution in [1.29, 1.82) is 0 Å². The van der Waals surface area contributed by atoms with Gasteiger partial charge < -0.3 is 0 Å². The van der Waals surface area contributed by atoms with Crippen molar-refractivity contribution in [2.75, 3.05) is 0 Å². The SMILES string of the molecule is Cc1ccc(-c2ccc(CC3CCC4C(C)CCC34)cc2)cc1. The summed E-state index contributed by atoms with van der Waals surface area (Å²) >= 11 is 0. The Balaban J connectivity index is 1.45. The van der Waals surface area contributed by atoms with Crippen LogP contribution in [0.5, 0.6) is 0 Å². The fourth-order valence-corrected chi connectivity index (χ4v) is 5.15. The molecule has 0 aliphatic heterocycles. The van der Waals surface area contributed by atoms with E-state index in [0.717, 1.165) is 23.7 Å². The lowest BCUT2D eigenvalue weighted by Crippen LogP contribution is -2.13. The van der Waals surface area contributed by atoms with Crippen LogP contribution in [0.1, 0.15) is 43.7 Å². The van der Waals surface area contributed by atoms with Gasteiger partial charge in [-0.1, -0.05) is 67.4 Å². The van der Waals surface area contributed by atoms with Gasteiger partial charge in [-0.25, -0.2) is 0 Å². The minimum absolute atomic E-state index is 0.940. The molecule has 0 amide bonds. The van der Waals surface area contributed by atoms with Gasteiger partial charge in [0.2, 0.25) is 0 Å². The quantitative estimate of drug-likeness (QED) is 0.626. The summed E-state index contributed by atoms with van der Waals surface area (Å²) in [5.74, 6) is 3.97. The summed E-state index contributed by atoms with van der Waals surface area (Å²) in [6, 6.07) is 18.2. The number of aryl methyl sites for hydroxylation is 1. The lowest BCUT2D eigenvalue weighted by Gasteiger charge is -2.19.